The second-order valence-corrected chi connectivity index (χ2v) is 5.05. The number of carbonyl (C=O) groups excluding carboxylic acids is 3. The number of aromatic nitrogens is 1. The van der Waals surface area contributed by atoms with Crippen molar-refractivity contribution in [2.75, 3.05) is 0 Å². The zero-order valence-electron chi connectivity index (χ0n) is 13.4. The van der Waals surface area contributed by atoms with E-state index >= 15 is 0 Å². The molecule has 0 aliphatic heterocycles. The molecule has 8 heteroatoms. The Morgan fingerprint density at radius 2 is 1.96 bits per heavy atom. The van der Waals surface area contributed by atoms with Gasteiger partial charge in [-0.2, -0.15) is 0 Å². The molecule has 0 radical (unpaired) electrons. The van der Waals surface area contributed by atoms with Crippen LogP contribution in [0.1, 0.15) is 38.8 Å². The van der Waals surface area contributed by atoms with Crippen molar-refractivity contribution < 1.29 is 14.4 Å². The van der Waals surface area contributed by atoms with Gasteiger partial charge in [0, 0.05) is 12.6 Å². The van der Waals surface area contributed by atoms with Crippen LogP contribution in [0.4, 0.5) is 4.79 Å². The SMILES string of the molecule is CCCC(NC(=O)CC)(NC(=O)NCc1ccccn1)C(N)=O. The maximum atomic E-state index is 12.1. The lowest BCUT2D eigenvalue weighted by atomic mass is 10.0. The third kappa shape index (κ3) is 5.57. The van der Waals surface area contributed by atoms with E-state index in [1.54, 1.807) is 31.3 Å². The Kier molecular flexibility index (Phi) is 6.98. The van der Waals surface area contributed by atoms with Gasteiger partial charge < -0.3 is 21.7 Å². The molecule has 4 amide bonds. The minimum Gasteiger partial charge on any atom is -0.366 e. The highest BCUT2D eigenvalue weighted by Crippen LogP contribution is 2.10. The number of nitrogens with zero attached hydrogens (tertiary/aromatic N) is 1. The first-order valence-corrected chi connectivity index (χ1v) is 7.50. The van der Waals surface area contributed by atoms with Gasteiger partial charge in [-0.05, 0) is 18.6 Å². The van der Waals surface area contributed by atoms with Crippen LogP contribution in [-0.4, -0.2) is 28.5 Å². The average molecular weight is 321 g/mol. The Balaban J connectivity index is 2.76. The number of pyridine rings is 1. The number of hydrogen-bond acceptors (Lipinski definition) is 4. The molecule has 23 heavy (non-hydrogen) atoms. The van der Waals surface area contributed by atoms with Gasteiger partial charge in [-0.15, -0.1) is 0 Å². The summed E-state index contributed by atoms with van der Waals surface area (Å²) >= 11 is 0. The fraction of sp³-hybridized carbons (Fsp3) is 0.467. The predicted octanol–water partition coefficient (Wildman–Crippen LogP) is 0.389. The minimum atomic E-state index is -1.60. The van der Waals surface area contributed by atoms with Crippen molar-refractivity contribution in [2.45, 2.75) is 45.3 Å². The van der Waals surface area contributed by atoms with Gasteiger partial charge in [-0.25, -0.2) is 4.79 Å². The minimum absolute atomic E-state index is 0.177. The molecular weight excluding hydrogens is 298 g/mol. The number of urea groups is 1. The number of rotatable bonds is 8. The molecule has 0 fully saturated rings. The standard InChI is InChI=1S/C15H23N5O3/c1-3-8-15(13(16)22,19-12(21)4-2)20-14(23)18-10-11-7-5-6-9-17-11/h5-7,9H,3-4,8,10H2,1-2H3,(H2,16,22)(H,19,21)(H2,18,20,23). The summed E-state index contributed by atoms with van der Waals surface area (Å²) < 4.78 is 0. The van der Waals surface area contributed by atoms with Gasteiger partial charge in [0.25, 0.3) is 5.91 Å². The fourth-order valence-corrected chi connectivity index (χ4v) is 2.02. The number of nitrogens with one attached hydrogen (secondary N) is 3. The van der Waals surface area contributed by atoms with Crippen molar-refractivity contribution in [1.82, 2.24) is 20.9 Å². The second-order valence-electron chi connectivity index (χ2n) is 5.05. The summed E-state index contributed by atoms with van der Waals surface area (Å²) in [4.78, 5) is 39.6. The largest absolute Gasteiger partial charge is 0.366 e. The maximum absolute atomic E-state index is 12.1. The topological polar surface area (TPSA) is 126 Å². The Hall–Kier alpha value is -2.64. The quantitative estimate of drug-likeness (QED) is 0.517. The zero-order valence-corrected chi connectivity index (χ0v) is 13.4. The van der Waals surface area contributed by atoms with Gasteiger partial charge in [0.1, 0.15) is 0 Å². The average Bonchev–Trinajstić information content (AvgIpc) is 2.53. The molecule has 0 aromatic carbocycles. The van der Waals surface area contributed by atoms with Crippen molar-refractivity contribution >= 4 is 17.8 Å². The highest BCUT2D eigenvalue weighted by atomic mass is 16.2. The van der Waals surface area contributed by atoms with Crippen LogP contribution in [0, 0.1) is 0 Å². The molecule has 0 saturated heterocycles. The Labute approximate surface area is 135 Å². The monoisotopic (exact) mass is 321 g/mol. The second kappa shape index (κ2) is 8.72. The Morgan fingerprint density at radius 1 is 1.22 bits per heavy atom. The summed E-state index contributed by atoms with van der Waals surface area (Å²) in [7, 11) is 0. The van der Waals surface area contributed by atoms with Gasteiger partial charge in [0.15, 0.2) is 5.66 Å². The lowest BCUT2D eigenvalue weighted by Crippen LogP contribution is -2.68. The van der Waals surface area contributed by atoms with Crippen molar-refractivity contribution in [3.8, 4) is 0 Å². The fourth-order valence-electron chi connectivity index (χ4n) is 2.02. The smallest absolute Gasteiger partial charge is 0.317 e. The highest BCUT2D eigenvalue weighted by Gasteiger charge is 2.38. The van der Waals surface area contributed by atoms with Crippen molar-refractivity contribution in [3.63, 3.8) is 0 Å². The molecule has 1 unspecified atom stereocenters. The molecule has 1 atom stereocenters. The number of primary amides is 1. The van der Waals surface area contributed by atoms with Crippen LogP contribution < -0.4 is 21.7 Å². The van der Waals surface area contributed by atoms with Crippen LogP contribution >= 0.6 is 0 Å². The van der Waals surface area contributed by atoms with Crippen molar-refractivity contribution in [1.29, 1.82) is 0 Å². The van der Waals surface area contributed by atoms with E-state index in [9.17, 15) is 14.4 Å². The number of nitrogens with two attached hydrogens (primary N) is 1. The molecule has 0 bridgehead atoms. The molecule has 1 rings (SSSR count). The van der Waals surface area contributed by atoms with Gasteiger partial charge in [-0.3, -0.25) is 14.6 Å². The first-order chi connectivity index (χ1) is 10.9. The highest BCUT2D eigenvalue weighted by molar-refractivity contribution is 5.93. The molecule has 0 saturated carbocycles. The molecule has 0 aliphatic carbocycles. The van der Waals surface area contributed by atoms with Crippen LogP contribution in [-0.2, 0) is 16.1 Å². The summed E-state index contributed by atoms with van der Waals surface area (Å²) in [6.07, 6.45) is 2.54. The molecule has 0 aliphatic rings. The lowest BCUT2D eigenvalue weighted by Gasteiger charge is -2.32. The normalized spacial score (nSPS) is 12.8. The number of hydrogen-bond donors (Lipinski definition) is 4. The van der Waals surface area contributed by atoms with E-state index in [1.165, 1.54) is 0 Å². The summed E-state index contributed by atoms with van der Waals surface area (Å²) in [6.45, 7) is 3.66. The van der Waals surface area contributed by atoms with Crippen LogP contribution in [0.5, 0.6) is 0 Å². The predicted molar refractivity (Wildman–Crippen MR) is 84.9 cm³/mol. The first-order valence-electron chi connectivity index (χ1n) is 7.50. The van der Waals surface area contributed by atoms with Gasteiger partial charge >= 0.3 is 6.03 Å². The van der Waals surface area contributed by atoms with Crippen LogP contribution in [0.25, 0.3) is 0 Å². The summed E-state index contributed by atoms with van der Waals surface area (Å²) in [5, 5.41) is 7.58. The first kappa shape index (κ1) is 18.4. The Bertz CT molecular complexity index is 549. The maximum Gasteiger partial charge on any atom is 0.317 e. The lowest BCUT2D eigenvalue weighted by molar-refractivity contribution is -0.132. The molecule has 1 aromatic rings. The molecule has 126 valence electrons. The summed E-state index contributed by atoms with van der Waals surface area (Å²) in [6, 6.07) is 4.71. The van der Waals surface area contributed by atoms with Crippen molar-refractivity contribution in [3.05, 3.63) is 30.1 Å². The van der Waals surface area contributed by atoms with Gasteiger partial charge in [0.2, 0.25) is 5.91 Å². The van der Waals surface area contributed by atoms with E-state index in [0.717, 1.165) is 0 Å². The number of amides is 4. The van der Waals surface area contributed by atoms with Crippen LogP contribution in [0.2, 0.25) is 0 Å². The summed E-state index contributed by atoms with van der Waals surface area (Å²) in [5.41, 5.74) is 4.47. The molecule has 8 nitrogen and oxygen atoms in total. The van der Waals surface area contributed by atoms with Gasteiger partial charge in [-0.1, -0.05) is 26.3 Å². The molecular formula is C15H23N5O3. The third-order valence-corrected chi connectivity index (χ3v) is 3.20. The number of carbonyl (C=O) groups is 3. The van der Waals surface area contributed by atoms with E-state index in [2.05, 4.69) is 20.9 Å². The van der Waals surface area contributed by atoms with Crippen molar-refractivity contribution in [2.24, 2.45) is 5.73 Å². The molecule has 1 aromatic heterocycles. The summed E-state index contributed by atoms with van der Waals surface area (Å²) in [5.74, 6) is -1.18. The van der Waals surface area contributed by atoms with E-state index < -0.39 is 17.6 Å². The van der Waals surface area contributed by atoms with E-state index in [0.29, 0.717) is 12.1 Å². The molecule has 5 N–H and O–H groups in total. The third-order valence-electron chi connectivity index (χ3n) is 3.20. The zero-order chi connectivity index (χ0) is 17.3. The van der Waals surface area contributed by atoms with E-state index in [4.69, 9.17) is 5.73 Å². The Morgan fingerprint density at radius 3 is 2.48 bits per heavy atom. The van der Waals surface area contributed by atoms with Crippen LogP contribution in [0.3, 0.4) is 0 Å². The molecule has 1 heterocycles. The van der Waals surface area contributed by atoms with Gasteiger partial charge in [0.05, 0.1) is 12.2 Å². The van der Waals surface area contributed by atoms with Crippen LogP contribution in [0.15, 0.2) is 24.4 Å². The van der Waals surface area contributed by atoms with E-state index in [1.807, 2.05) is 6.92 Å². The molecule has 0 spiro atoms. The van der Waals surface area contributed by atoms with E-state index in [-0.39, 0.29) is 25.3 Å².